The number of likely N-dealkylation sites (tertiary alicyclic amines) is 1. The minimum atomic E-state index is 0.00331. The molecule has 3 nitrogen and oxygen atoms in total. The zero-order valence-corrected chi connectivity index (χ0v) is 12.3. The second-order valence-electron chi connectivity index (χ2n) is 6.77. The van der Waals surface area contributed by atoms with Gasteiger partial charge in [0, 0.05) is 24.7 Å². The lowest BCUT2D eigenvalue weighted by atomic mass is 9.90. The number of rotatable bonds is 4. The van der Waals surface area contributed by atoms with Gasteiger partial charge in [0.2, 0.25) is 0 Å². The summed E-state index contributed by atoms with van der Waals surface area (Å²) in [6.07, 6.45) is 4.87. The molecule has 3 heteroatoms. The van der Waals surface area contributed by atoms with Crippen molar-refractivity contribution in [2.75, 3.05) is 26.2 Å². The molecule has 1 saturated heterocycles. The van der Waals surface area contributed by atoms with Crippen LogP contribution in [-0.4, -0.2) is 47.8 Å². The topological polar surface area (TPSA) is 35.5 Å². The van der Waals surface area contributed by atoms with Crippen LogP contribution >= 0.6 is 0 Å². The first-order valence-corrected chi connectivity index (χ1v) is 7.68. The highest BCUT2D eigenvalue weighted by Gasteiger charge is 2.41. The molecule has 0 aromatic rings. The molecule has 0 aromatic heterocycles. The molecule has 0 radical (unpaired) electrons. The van der Waals surface area contributed by atoms with Gasteiger partial charge in [-0.25, -0.2) is 0 Å². The maximum absolute atomic E-state index is 9.69. The Bertz CT molecular complexity index is 261. The summed E-state index contributed by atoms with van der Waals surface area (Å²) in [5, 5.41) is 13.2. The van der Waals surface area contributed by atoms with E-state index in [-0.39, 0.29) is 12.1 Å². The minimum absolute atomic E-state index is 0.00331. The zero-order chi connectivity index (χ0) is 13.2. The Morgan fingerprint density at radius 1 is 1.28 bits per heavy atom. The maximum atomic E-state index is 9.69. The van der Waals surface area contributed by atoms with Gasteiger partial charge in [-0.15, -0.1) is 0 Å². The fourth-order valence-electron chi connectivity index (χ4n) is 4.15. The predicted octanol–water partition coefficient (Wildman–Crippen LogP) is 1.86. The third-order valence-electron chi connectivity index (χ3n) is 4.85. The molecule has 2 aliphatic rings. The van der Waals surface area contributed by atoms with Crippen molar-refractivity contribution in [3.05, 3.63) is 0 Å². The van der Waals surface area contributed by atoms with E-state index in [4.69, 9.17) is 0 Å². The van der Waals surface area contributed by atoms with Crippen LogP contribution in [-0.2, 0) is 0 Å². The minimum Gasteiger partial charge on any atom is -0.394 e. The van der Waals surface area contributed by atoms with Crippen LogP contribution in [0.1, 0.15) is 46.5 Å². The van der Waals surface area contributed by atoms with Gasteiger partial charge in [-0.05, 0) is 44.1 Å². The van der Waals surface area contributed by atoms with Crippen molar-refractivity contribution in [2.24, 2.45) is 11.8 Å². The standard InChI is InChI=1S/C15H30N2O/c1-4-16-15(11-18)6-5-14(8-15)17-9-12(2)7-13(3)10-17/h12-14,16,18H,4-11H2,1-3H3. The molecule has 1 saturated carbocycles. The molecular formula is C15H30N2O. The van der Waals surface area contributed by atoms with Crippen LogP contribution in [0.5, 0.6) is 0 Å². The Morgan fingerprint density at radius 2 is 1.94 bits per heavy atom. The highest BCUT2D eigenvalue weighted by atomic mass is 16.3. The highest BCUT2D eigenvalue weighted by Crippen LogP contribution is 2.35. The molecule has 4 unspecified atom stereocenters. The molecule has 2 rings (SSSR count). The van der Waals surface area contributed by atoms with Gasteiger partial charge in [0.05, 0.1) is 6.61 Å². The smallest absolute Gasteiger partial charge is 0.0613 e. The van der Waals surface area contributed by atoms with Crippen molar-refractivity contribution >= 4 is 0 Å². The summed E-state index contributed by atoms with van der Waals surface area (Å²) in [5.41, 5.74) is 0.00331. The number of hydrogen-bond donors (Lipinski definition) is 2. The van der Waals surface area contributed by atoms with Gasteiger partial charge < -0.3 is 10.4 Å². The molecule has 4 atom stereocenters. The summed E-state index contributed by atoms with van der Waals surface area (Å²) in [5.74, 6) is 1.66. The van der Waals surface area contributed by atoms with Crippen molar-refractivity contribution in [1.82, 2.24) is 10.2 Å². The normalized spacial score (nSPS) is 42.3. The van der Waals surface area contributed by atoms with Crippen LogP contribution in [0.15, 0.2) is 0 Å². The Kier molecular flexibility index (Phi) is 4.68. The Morgan fingerprint density at radius 3 is 2.50 bits per heavy atom. The van der Waals surface area contributed by atoms with E-state index in [9.17, 15) is 5.11 Å². The molecule has 2 fully saturated rings. The van der Waals surface area contributed by atoms with Crippen LogP contribution in [0, 0.1) is 11.8 Å². The van der Waals surface area contributed by atoms with Crippen molar-refractivity contribution < 1.29 is 5.11 Å². The lowest BCUT2D eigenvalue weighted by Crippen LogP contribution is -2.49. The van der Waals surface area contributed by atoms with Gasteiger partial charge in [0.1, 0.15) is 0 Å². The van der Waals surface area contributed by atoms with E-state index in [2.05, 4.69) is 31.0 Å². The first-order valence-electron chi connectivity index (χ1n) is 7.68. The van der Waals surface area contributed by atoms with Crippen molar-refractivity contribution in [3.63, 3.8) is 0 Å². The quantitative estimate of drug-likeness (QED) is 0.804. The van der Waals surface area contributed by atoms with Crippen LogP contribution in [0.3, 0.4) is 0 Å². The third-order valence-corrected chi connectivity index (χ3v) is 4.85. The molecule has 0 amide bonds. The summed E-state index contributed by atoms with van der Waals surface area (Å²) < 4.78 is 0. The van der Waals surface area contributed by atoms with Crippen LogP contribution in [0.4, 0.5) is 0 Å². The van der Waals surface area contributed by atoms with E-state index in [1.54, 1.807) is 0 Å². The summed E-state index contributed by atoms with van der Waals surface area (Å²) in [6, 6.07) is 0.682. The number of likely N-dealkylation sites (N-methyl/N-ethyl adjacent to an activating group) is 1. The first-order chi connectivity index (χ1) is 8.58. The van der Waals surface area contributed by atoms with E-state index >= 15 is 0 Å². The second-order valence-corrected chi connectivity index (χ2v) is 6.77. The van der Waals surface area contributed by atoms with Crippen LogP contribution in [0.2, 0.25) is 0 Å². The summed E-state index contributed by atoms with van der Waals surface area (Å²) in [7, 11) is 0. The number of aliphatic hydroxyl groups is 1. The summed E-state index contributed by atoms with van der Waals surface area (Å²) in [4.78, 5) is 2.69. The molecule has 106 valence electrons. The SMILES string of the molecule is CCNC1(CO)CCC(N2CC(C)CC(C)C2)C1. The molecule has 0 spiro atoms. The molecule has 0 aromatic carbocycles. The van der Waals surface area contributed by atoms with Crippen molar-refractivity contribution in [3.8, 4) is 0 Å². The number of hydrogen-bond acceptors (Lipinski definition) is 3. The summed E-state index contributed by atoms with van der Waals surface area (Å²) >= 11 is 0. The molecule has 1 heterocycles. The molecule has 18 heavy (non-hydrogen) atoms. The third kappa shape index (κ3) is 3.06. The van der Waals surface area contributed by atoms with Gasteiger partial charge >= 0.3 is 0 Å². The molecule has 1 aliphatic heterocycles. The van der Waals surface area contributed by atoms with E-state index in [1.165, 1.54) is 25.9 Å². The van der Waals surface area contributed by atoms with E-state index in [0.29, 0.717) is 6.04 Å². The number of nitrogens with one attached hydrogen (secondary N) is 1. The van der Waals surface area contributed by atoms with Crippen LogP contribution < -0.4 is 5.32 Å². The number of piperidine rings is 1. The van der Waals surface area contributed by atoms with Crippen molar-refractivity contribution in [2.45, 2.75) is 58.0 Å². The number of nitrogens with zero attached hydrogens (tertiary/aromatic N) is 1. The molecule has 2 N–H and O–H groups in total. The highest BCUT2D eigenvalue weighted by molar-refractivity contribution is 5.00. The Labute approximate surface area is 112 Å². The van der Waals surface area contributed by atoms with Gasteiger partial charge in [0.25, 0.3) is 0 Å². The molecular weight excluding hydrogens is 224 g/mol. The van der Waals surface area contributed by atoms with Crippen LogP contribution in [0.25, 0.3) is 0 Å². The molecule has 0 bridgehead atoms. The monoisotopic (exact) mass is 254 g/mol. The average Bonchev–Trinajstić information content (AvgIpc) is 2.73. The lowest BCUT2D eigenvalue weighted by Gasteiger charge is -2.39. The van der Waals surface area contributed by atoms with Gasteiger partial charge in [-0.1, -0.05) is 20.8 Å². The maximum Gasteiger partial charge on any atom is 0.0613 e. The lowest BCUT2D eigenvalue weighted by molar-refractivity contribution is 0.0868. The predicted molar refractivity (Wildman–Crippen MR) is 75.7 cm³/mol. The Hall–Kier alpha value is -0.120. The average molecular weight is 254 g/mol. The first kappa shape index (κ1) is 14.3. The fraction of sp³-hybridized carbons (Fsp3) is 1.00. The fourth-order valence-corrected chi connectivity index (χ4v) is 4.15. The largest absolute Gasteiger partial charge is 0.394 e. The van der Waals surface area contributed by atoms with Crippen molar-refractivity contribution in [1.29, 1.82) is 0 Å². The van der Waals surface area contributed by atoms with E-state index < -0.39 is 0 Å². The van der Waals surface area contributed by atoms with E-state index in [1.807, 2.05) is 0 Å². The molecule has 1 aliphatic carbocycles. The van der Waals surface area contributed by atoms with Gasteiger partial charge in [-0.2, -0.15) is 0 Å². The second kappa shape index (κ2) is 5.89. The van der Waals surface area contributed by atoms with E-state index in [0.717, 1.165) is 31.2 Å². The summed E-state index contributed by atoms with van der Waals surface area (Å²) in [6.45, 7) is 10.6. The van der Waals surface area contributed by atoms with Gasteiger partial charge in [-0.3, -0.25) is 4.90 Å². The van der Waals surface area contributed by atoms with Gasteiger partial charge in [0.15, 0.2) is 0 Å². The Balaban J connectivity index is 1.95. The number of aliphatic hydroxyl groups excluding tert-OH is 1. The zero-order valence-electron chi connectivity index (χ0n) is 12.3.